The molecule has 0 radical (unpaired) electrons. The number of nitrogens with zero attached hydrogens (tertiary/aromatic N) is 3. The molecule has 0 saturated heterocycles. The summed E-state index contributed by atoms with van der Waals surface area (Å²) in [5, 5.41) is 13.9. The fourth-order valence-corrected chi connectivity index (χ4v) is 2.44. The molecule has 3 aromatic rings. The first kappa shape index (κ1) is 17.6. The van der Waals surface area contributed by atoms with Crippen LogP contribution in [0.5, 0.6) is 0 Å². The molecule has 0 aliphatic carbocycles. The van der Waals surface area contributed by atoms with E-state index in [2.05, 4.69) is 20.9 Å². The summed E-state index contributed by atoms with van der Waals surface area (Å²) in [5.41, 5.74) is 4.22. The predicted octanol–water partition coefficient (Wildman–Crippen LogP) is 3.41. The third kappa shape index (κ3) is 4.46. The number of carbonyl (C=O) groups excluding carboxylic acids is 1. The Kier molecular flexibility index (Phi) is 5.60. The summed E-state index contributed by atoms with van der Waals surface area (Å²) in [6.07, 6.45) is 2.58. The second kappa shape index (κ2) is 8.26. The fourth-order valence-electron chi connectivity index (χ4n) is 2.44. The van der Waals surface area contributed by atoms with Crippen LogP contribution in [0.1, 0.15) is 11.3 Å². The zero-order valence-corrected chi connectivity index (χ0v) is 14.8. The van der Waals surface area contributed by atoms with Gasteiger partial charge in [0.2, 0.25) is 0 Å². The second-order valence-corrected chi connectivity index (χ2v) is 5.84. The van der Waals surface area contributed by atoms with E-state index in [1.165, 1.54) is 0 Å². The van der Waals surface area contributed by atoms with Gasteiger partial charge in [-0.05, 0) is 42.8 Å². The Bertz CT molecular complexity index is 874. The lowest BCUT2D eigenvalue weighted by molar-refractivity contribution is 0.201. The molecule has 1 heterocycles. The topological polar surface area (TPSA) is 81.1 Å². The Labute approximate surface area is 152 Å². The zero-order valence-electron chi connectivity index (χ0n) is 14.8. The fraction of sp³-hybridized carbons (Fsp3) is 0.211. The standard InChI is InChI=1S/C19H21N5O2/c1-14-5-3-4-6-18(14)21-19(25)20-15-7-9-17(10-8-15)24-13-16(22-23-24)11-12-26-2/h3-10,13H,11-12H2,1-2H3,(H2,20,21,25). The highest BCUT2D eigenvalue weighted by Gasteiger charge is 2.06. The maximum Gasteiger partial charge on any atom is 0.323 e. The van der Waals surface area contributed by atoms with Crippen molar-refractivity contribution in [2.24, 2.45) is 0 Å². The molecule has 2 amide bonds. The third-order valence-corrected chi connectivity index (χ3v) is 3.89. The number of benzene rings is 2. The van der Waals surface area contributed by atoms with Crippen molar-refractivity contribution >= 4 is 17.4 Å². The highest BCUT2D eigenvalue weighted by atomic mass is 16.5. The first-order valence-corrected chi connectivity index (χ1v) is 8.30. The number of hydrogen-bond donors (Lipinski definition) is 2. The molecule has 2 N–H and O–H groups in total. The Balaban J connectivity index is 1.61. The molecule has 2 aromatic carbocycles. The Morgan fingerprint density at radius 2 is 1.88 bits per heavy atom. The number of amides is 2. The van der Waals surface area contributed by atoms with Gasteiger partial charge in [-0.25, -0.2) is 9.48 Å². The number of rotatable bonds is 6. The molecule has 7 nitrogen and oxygen atoms in total. The summed E-state index contributed by atoms with van der Waals surface area (Å²) in [4.78, 5) is 12.1. The van der Waals surface area contributed by atoms with Gasteiger partial charge in [-0.1, -0.05) is 23.4 Å². The van der Waals surface area contributed by atoms with E-state index in [4.69, 9.17) is 4.74 Å². The number of methoxy groups -OCH3 is 1. The van der Waals surface area contributed by atoms with Crippen molar-refractivity contribution in [2.45, 2.75) is 13.3 Å². The molecule has 134 valence electrons. The van der Waals surface area contributed by atoms with Crippen molar-refractivity contribution < 1.29 is 9.53 Å². The molecule has 0 aliphatic heterocycles. The number of hydrogen-bond acceptors (Lipinski definition) is 4. The number of para-hydroxylation sites is 1. The van der Waals surface area contributed by atoms with Gasteiger partial charge in [0.15, 0.2) is 0 Å². The molecule has 26 heavy (non-hydrogen) atoms. The maximum absolute atomic E-state index is 12.1. The quantitative estimate of drug-likeness (QED) is 0.713. The molecule has 0 spiro atoms. The van der Waals surface area contributed by atoms with Crippen molar-refractivity contribution in [3.8, 4) is 5.69 Å². The van der Waals surface area contributed by atoms with Crippen LogP contribution in [-0.2, 0) is 11.2 Å². The monoisotopic (exact) mass is 351 g/mol. The van der Waals surface area contributed by atoms with Crippen LogP contribution in [-0.4, -0.2) is 34.7 Å². The van der Waals surface area contributed by atoms with Crippen molar-refractivity contribution in [2.75, 3.05) is 24.4 Å². The lowest BCUT2D eigenvalue weighted by Gasteiger charge is -2.10. The van der Waals surface area contributed by atoms with Crippen molar-refractivity contribution in [1.82, 2.24) is 15.0 Å². The molecule has 7 heteroatoms. The highest BCUT2D eigenvalue weighted by Crippen LogP contribution is 2.16. The van der Waals surface area contributed by atoms with Crippen molar-refractivity contribution in [3.05, 3.63) is 66.0 Å². The molecular formula is C19H21N5O2. The normalized spacial score (nSPS) is 10.5. The Morgan fingerprint density at radius 1 is 1.12 bits per heavy atom. The molecule has 0 saturated carbocycles. The first-order valence-electron chi connectivity index (χ1n) is 8.30. The predicted molar refractivity (Wildman–Crippen MR) is 101 cm³/mol. The minimum Gasteiger partial charge on any atom is -0.384 e. The van der Waals surface area contributed by atoms with Gasteiger partial charge in [-0.15, -0.1) is 5.10 Å². The molecule has 3 rings (SSSR count). The van der Waals surface area contributed by atoms with Gasteiger partial charge in [-0.2, -0.15) is 0 Å². The van der Waals surface area contributed by atoms with Crippen LogP contribution in [0.4, 0.5) is 16.2 Å². The third-order valence-electron chi connectivity index (χ3n) is 3.89. The Hall–Kier alpha value is -3.19. The largest absolute Gasteiger partial charge is 0.384 e. The second-order valence-electron chi connectivity index (χ2n) is 5.84. The van der Waals surface area contributed by atoms with Crippen LogP contribution in [0.2, 0.25) is 0 Å². The van der Waals surface area contributed by atoms with E-state index >= 15 is 0 Å². The average molecular weight is 351 g/mol. The molecule has 0 aliphatic rings. The number of nitrogens with one attached hydrogen (secondary N) is 2. The van der Waals surface area contributed by atoms with Gasteiger partial charge < -0.3 is 15.4 Å². The van der Waals surface area contributed by atoms with Crippen LogP contribution in [0.25, 0.3) is 5.69 Å². The van der Waals surface area contributed by atoms with Gasteiger partial charge in [0, 0.05) is 24.9 Å². The summed E-state index contributed by atoms with van der Waals surface area (Å²) in [6, 6.07) is 14.7. The van der Waals surface area contributed by atoms with Gasteiger partial charge in [-0.3, -0.25) is 0 Å². The van der Waals surface area contributed by atoms with Crippen LogP contribution in [0, 0.1) is 6.92 Å². The van der Waals surface area contributed by atoms with Crippen molar-refractivity contribution in [1.29, 1.82) is 0 Å². The number of ether oxygens (including phenoxy) is 1. The molecule has 0 fully saturated rings. The molecule has 1 aromatic heterocycles. The van der Waals surface area contributed by atoms with E-state index in [1.807, 2.05) is 61.7 Å². The van der Waals surface area contributed by atoms with Gasteiger partial charge in [0.05, 0.1) is 24.2 Å². The molecule has 0 atom stereocenters. The number of anilines is 2. The van der Waals surface area contributed by atoms with Gasteiger partial charge >= 0.3 is 6.03 Å². The summed E-state index contributed by atoms with van der Waals surface area (Å²) < 4.78 is 6.74. The number of urea groups is 1. The van der Waals surface area contributed by atoms with Crippen LogP contribution in [0.3, 0.4) is 0 Å². The summed E-state index contributed by atoms with van der Waals surface area (Å²) in [5.74, 6) is 0. The summed E-state index contributed by atoms with van der Waals surface area (Å²) in [7, 11) is 1.66. The zero-order chi connectivity index (χ0) is 18.4. The Morgan fingerprint density at radius 3 is 2.62 bits per heavy atom. The van der Waals surface area contributed by atoms with E-state index in [0.717, 1.165) is 29.1 Å². The SMILES string of the molecule is COCCc1cn(-c2ccc(NC(=O)Nc3ccccc3C)cc2)nn1. The highest BCUT2D eigenvalue weighted by molar-refractivity contribution is 6.00. The summed E-state index contributed by atoms with van der Waals surface area (Å²) >= 11 is 0. The van der Waals surface area contributed by atoms with Crippen LogP contribution in [0.15, 0.2) is 54.7 Å². The number of aryl methyl sites for hydroxylation is 1. The minimum atomic E-state index is -0.283. The van der Waals surface area contributed by atoms with E-state index in [9.17, 15) is 4.79 Å². The van der Waals surface area contributed by atoms with E-state index < -0.39 is 0 Å². The first-order chi connectivity index (χ1) is 12.7. The number of carbonyl (C=O) groups is 1. The van der Waals surface area contributed by atoms with Crippen molar-refractivity contribution in [3.63, 3.8) is 0 Å². The van der Waals surface area contributed by atoms with Gasteiger partial charge in [0.1, 0.15) is 0 Å². The molecular weight excluding hydrogens is 330 g/mol. The summed E-state index contributed by atoms with van der Waals surface area (Å²) in [6.45, 7) is 2.56. The number of aromatic nitrogens is 3. The lowest BCUT2D eigenvalue weighted by atomic mass is 10.2. The van der Waals surface area contributed by atoms with E-state index in [0.29, 0.717) is 12.3 Å². The maximum atomic E-state index is 12.1. The van der Waals surface area contributed by atoms with Crippen LogP contribution >= 0.6 is 0 Å². The average Bonchev–Trinajstić information content (AvgIpc) is 3.11. The van der Waals surface area contributed by atoms with Gasteiger partial charge in [0.25, 0.3) is 0 Å². The minimum absolute atomic E-state index is 0.283. The molecule has 0 bridgehead atoms. The smallest absolute Gasteiger partial charge is 0.323 e. The lowest BCUT2D eigenvalue weighted by Crippen LogP contribution is -2.19. The molecule has 0 unspecified atom stereocenters. The van der Waals surface area contributed by atoms with E-state index in [-0.39, 0.29) is 6.03 Å². The van der Waals surface area contributed by atoms with Crippen LogP contribution < -0.4 is 10.6 Å². The van der Waals surface area contributed by atoms with E-state index in [1.54, 1.807) is 11.8 Å².